The molecule has 0 fully saturated rings. The number of thioether (sulfide) groups is 1. The lowest BCUT2D eigenvalue weighted by molar-refractivity contribution is 0.343. The molecule has 2 N–H and O–H groups in total. The number of rotatable bonds is 5. The summed E-state index contributed by atoms with van der Waals surface area (Å²) < 4.78 is 5.77. The lowest BCUT2D eigenvalue weighted by atomic mass is 9.87. The SMILES string of the molecule is CC(C)(C)c1ccc(OCCSc2ccccc2N)cc1. The molecule has 0 saturated heterocycles. The van der Waals surface area contributed by atoms with Crippen molar-refractivity contribution in [1.82, 2.24) is 0 Å². The monoisotopic (exact) mass is 301 g/mol. The van der Waals surface area contributed by atoms with Crippen LogP contribution in [-0.4, -0.2) is 12.4 Å². The Morgan fingerprint density at radius 3 is 2.29 bits per heavy atom. The van der Waals surface area contributed by atoms with E-state index in [1.165, 1.54) is 5.56 Å². The van der Waals surface area contributed by atoms with Crippen LogP contribution in [-0.2, 0) is 5.41 Å². The van der Waals surface area contributed by atoms with Gasteiger partial charge < -0.3 is 10.5 Å². The zero-order valence-corrected chi connectivity index (χ0v) is 13.7. The predicted octanol–water partition coefficient (Wildman–Crippen LogP) is 4.74. The van der Waals surface area contributed by atoms with Crippen LogP contribution in [0.25, 0.3) is 0 Å². The highest BCUT2D eigenvalue weighted by molar-refractivity contribution is 7.99. The third kappa shape index (κ3) is 4.71. The van der Waals surface area contributed by atoms with Gasteiger partial charge in [0.2, 0.25) is 0 Å². The van der Waals surface area contributed by atoms with E-state index in [2.05, 4.69) is 32.9 Å². The highest BCUT2D eigenvalue weighted by Crippen LogP contribution is 2.26. The van der Waals surface area contributed by atoms with Crippen molar-refractivity contribution in [2.24, 2.45) is 0 Å². The average molecular weight is 301 g/mol. The molecule has 112 valence electrons. The van der Waals surface area contributed by atoms with Crippen LogP contribution in [0.2, 0.25) is 0 Å². The van der Waals surface area contributed by atoms with Gasteiger partial charge in [-0.15, -0.1) is 11.8 Å². The number of nitrogens with two attached hydrogens (primary N) is 1. The second-order valence-electron chi connectivity index (χ2n) is 6.01. The summed E-state index contributed by atoms with van der Waals surface area (Å²) >= 11 is 1.72. The molecule has 0 aromatic heterocycles. The molecule has 21 heavy (non-hydrogen) atoms. The Labute approximate surface area is 131 Å². The van der Waals surface area contributed by atoms with Crippen LogP contribution >= 0.6 is 11.8 Å². The molecule has 0 unspecified atom stereocenters. The third-order valence-corrected chi connectivity index (χ3v) is 4.30. The van der Waals surface area contributed by atoms with Gasteiger partial charge in [0.1, 0.15) is 5.75 Å². The van der Waals surface area contributed by atoms with Crippen molar-refractivity contribution >= 4 is 17.4 Å². The number of para-hydroxylation sites is 1. The molecule has 0 spiro atoms. The topological polar surface area (TPSA) is 35.2 Å². The van der Waals surface area contributed by atoms with Gasteiger partial charge in [0.05, 0.1) is 6.61 Å². The van der Waals surface area contributed by atoms with Crippen molar-refractivity contribution in [2.45, 2.75) is 31.1 Å². The normalized spacial score (nSPS) is 11.4. The molecule has 0 atom stereocenters. The van der Waals surface area contributed by atoms with E-state index in [0.29, 0.717) is 6.61 Å². The van der Waals surface area contributed by atoms with Crippen molar-refractivity contribution in [1.29, 1.82) is 0 Å². The van der Waals surface area contributed by atoms with Crippen LogP contribution < -0.4 is 10.5 Å². The van der Waals surface area contributed by atoms with Gasteiger partial charge in [0, 0.05) is 16.3 Å². The van der Waals surface area contributed by atoms with Crippen LogP contribution in [0.4, 0.5) is 5.69 Å². The van der Waals surface area contributed by atoms with Gasteiger partial charge >= 0.3 is 0 Å². The molecule has 0 bridgehead atoms. The summed E-state index contributed by atoms with van der Waals surface area (Å²) in [6.45, 7) is 7.31. The molecule has 2 nitrogen and oxygen atoms in total. The highest BCUT2D eigenvalue weighted by atomic mass is 32.2. The van der Waals surface area contributed by atoms with Gasteiger partial charge in [-0.3, -0.25) is 0 Å². The lowest BCUT2D eigenvalue weighted by Gasteiger charge is -2.19. The number of anilines is 1. The molecule has 3 heteroatoms. The third-order valence-electron chi connectivity index (χ3n) is 3.25. The maximum absolute atomic E-state index is 5.91. The molecule has 2 aromatic carbocycles. The fourth-order valence-corrected chi connectivity index (χ4v) is 2.77. The fourth-order valence-electron chi connectivity index (χ4n) is 1.97. The fraction of sp³-hybridized carbons (Fsp3) is 0.333. The summed E-state index contributed by atoms with van der Waals surface area (Å²) in [5.41, 5.74) is 8.24. The van der Waals surface area contributed by atoms with E-state index >= 15 is 0 Å². The van der Waals surface area contributed by atoms with E-state index in [-0.39, 0.29) is 5.41 Å². The summed E-state index contributed by atoms with van der Waals surface area (Å²) in [7, 11) is 0. The van der Waals surface area contributed by atoms with E-state index < -0.39 is 0 Å². The van der Waals surface area contributed by atoms with E-state index in [4.69, 9.17) is 10.5 Å². The molecule has 0 heterocycles. The molecule has 2 aromatic rings. The van der Waals surface area contributed by atoms with Crippen molar-refractivity contribution in [3.05, 3.63) is 54.1 Å². The Balaban J connectivity index is 1.80. The first kappa shape index (κ1) is 15.8. The maximum Gasteiger partial charge on any atom is 0.119 e. The van der Waals surface area contributed by atoms with E-state index in [1.807, 2.05) is 36.4 Å². The molecule has 0 aliphatic carbocycles. The molecule has 0 aliphatic rings. The Hall–Kier alpha value is -1.61. The number of benzene rings is 2. The number of ether oxygens (including phenoxy) is 1. The second-order valence-corrected chi connectivity index (χ2v) is 7.15. The molecule has 0 amide bonds. The Kier molecular flexibility index (Phi) is 5.18. The van der Waals surface area contributed by atoms with Gasteiger partial charge in [-0.1, -0.05) is 45.0 Å². The first-order valence-corrected chi connectivity index (χ1v) is 8.16. The zero-order valence-electron chi connectivity index (χ0n) is 12.9. The summed E-state index contributed by atoms with van der Waals surface area (Å²) in [5.74, 6) is 1.81. The molecular weight excluding hydrogens is 278 g/mol. The van der Waals surface area contributed by atoms with Crippen LogP contribution in [0, 0.1) is 0 Å². The van der Waals surface area contributed by atoms with Crippen molar-refractivity contribution in [2.75, 3.05) is 18.1 Å². The highest BCUT2D eigenvalue weighted by Gasteiger charge is 2.12. The van der Waals surface area contributed by atoms with Gasteiger partial charge in [0.25, 0.3) is 0 Å². The molecule has 0 aliphatic heterocycles. The minimum absolute atomic E-state index is 0.180. The molecule has 0 saturated carbocycles. The minimum atomic E-state index is 0.180. The Bertz CT molecular complexity index is 573. The summed E-state index contributed by atoms with van der Waals surface area (Å²) in [6.07, 6.45) is 0. The summed E-state index contributed by atoms with van der Waals surface area (Å²) in [4.78, 5) is 1.11. The van der Waals surface area contributed by atoms with Gasteiger partial charge in [-0.2, -0.15) is 0 Å². The summed E-state index contributed by atoms with van der Waals surface area (Å²) in [5, 5.41) is 0. The zero-order chi connectivity index (χ0) is 15.3. The van der Waals surface area contributed by atoms with Crippen molar-refractivity contribution < 1.29 is 4.74 Å². The summed E-state index contributed by atoms with van der Waals surface area (Å²) in [6, 6.07) is 16.3. The first-order chi connectivity index (χ1) is 9.97. The Morgan fingerprint density at radius 2 is 1.67 bits per heavy atom. The van der Waals surface area contributed by atoms with Gasteiger partial charge in [-0.05, 0) is 35.2 Å². The molecular formula is C18H23NOS. The average Bonchev–Trinajstić information content (AvgIpc) is 2.45. The van der Waals surface area contributed by atoms with Crippen LogP contribution in [0.1, 0.15) is 26.3 Å². The number of nitrogen functional groups attached to an aromatic ring is 1. The van der Waals surface area contributed by atoms with Crippen molar-refractivity contribution in [3.63, 3.8) is 0 Å². The van der Waals surface area contributed by atoms with Crippen LogP contribution in [0.3, 0.4) is 0 Å². The number of hydrogen-bond donors (Lipinski definition) is 1. The first-order valence-electron chi connectivity index (χ1n) is 7.17. The largest absolute Gasteiger partial charge is 0.493 e. The van der Waals surface area contributed by atoms with Gasteiger partial charge in [-0.25, -0.2) is 0 Å². The maximum atomic E-state index is 5.91. The Morgan fingerprint density at radius 1 is 1.00 bits per heavy atom. The molecule has 0 radical (unpaired) electrons. The van der Waals surface area contributed by atoms with E-state index in [0.717, 1.165) is 22.1 Å². The lowest BCUT2D eigenvalue weighted by Crippen LogP contribution is -2.10. The van der Waals surface area contributed by atoms with E-state index in [9.17, 15) is 0 Å². The number of hydrogen-bond acceptors (Lipinski definition) is 3. The smallest absolute Gasteiger partial charge is 0.119 e. The van der Waals surface area contributed by atoms with Gasteiger partial charge in [0.15, 0.2) is 0 Å². The van der Waals surface area contributed by atoms with Crippen LogP contribution in [0.15, 0.2) is 53.4 Å². The minimum Gasteiger partial charge on any atom is -0.493 e. The predicted molar refractivity (Wildman–Crippen MR) is 92.2 cm³/mol. The van der Waals surface area contributed by atoms with Crippen molar-refractivity contribution in [3.8, 4) is 5.75 Å². The quantitative estimate of drug-likeness (QED) is 0.492. The molecule has 2 rings (SSSR count). The second kappa shape index (κ2) is 6.90. The standard InChI is InChI=1S/C18H23NOS/c1-18(2,3)14-8-10-15(11-9-14)20-12-13-21-17-7-5-4-6-16(17)19/h4-11H,12-13,19H2,1-3H3. The van der Waals surface area contributed by atoms with E-state index in [1.54, 1.807) is 11.8 Å². The van der Waals surface area contributed by atoms with Crippen LogP contribution in [0.5, 0.6) is 5.75 Å².